The Bertz CT molecular complexity index is 1230. The second-order valence-corrected chi connectivity index (χ2v) is 9.46. The molecule has 2 aromatic carbocycles. The Morgan fingerprint density at radius 3 is 2.57 bits per heavy atom. The number of piperazine rings is 1. The van der Waals surface area contributed by atoms with Gasteiger partial charge in [0.05, 0.1) is 18.4 Å². The highest BCUT2D eigenvalue weighted by Gasteiger charge is 2.25. The topological polar surface area (TPSA) is 53.5 Å². The molecular weight excluding hydrogens is 448 g/mol. The van der Waals surface area contributed by atoms with Gasteiger partial charge in [0.1, 0.15) is 18.1 Å². The molecule has 0 saturated carbocycles. The van der Waals surface area contributed by atoms with Crippen LogP contribution in [-0.4, -0.2) is 55.3 Å². The van der Waals surface area contributed by atoms with Gasteiger partial charge in [-0.25, -0.2) is 18.7 Å². The average molecular weight is 480 g/mol. The molecule has 1 aromatic heterocycles. The van der Waals surface area contributed by atoms with Gasteiger partial charge in [0, 0.05) is 49.9 Å². The van der Waals surface area contributed by atoms with Crippen molar-refractivity contribution in [2.24, 2.45) is 0 Å². The number of hydrogen-bond donors (Lipinski definition) is 1. The predicted molar refractivity (Wildman–Crippen MR) is 134 cm³/mol. The lowest BCUT2D eigenvalue weighted by Gasteiger charge is -2.34. The molecule has 1 N–H and O–H groups in total. The fourth-order valence-electron chi connectivity index (χ4n) is 4.94. The molecule has 5 rings (SSSR count). The highest BCUT2D eigenvalue weighted by molar-refractivity contribution is 5.72. The van der Waals surface area contributed by atoms with Crippen LogP contribution >= 0.6 is 0 Å². The van der Waals surface area contributed by atoms with Gasteiger partial charge in [0.15, 0.2) is 17.4 Å². The van der Waals surface area contributed by atoms with E-state index in [0.717, 1.165) is 31.7 Å². The fraction of sp³-hybridized carbons (Fsp3) is 0.407. The van der Waals surface area contributed by atoms with Crippen LogP contribution in [0.1, 0.15) is 30.8 Å². The van der Waals surface area contributed by atoms with Crippen LogP contribution in [0.2, 0.25) is 0 Å². The number of rotatable bonds is 5. The number of hydrogen-bond acceptors (Lipinski definition) is 6. The van der Waals surface area contributed by atoms with Gasteiger partial charge in [-0.2, -0.15) is 0 Å². The van der Waals surface area contributed by atoms with Crippen molar-refractivity contribution < 1.29 is 13.5 Å². The van der Waals surface area contributed by atoms with Gasteiger partial charge in [-0.05, 0) is 50.1 Å². The number of aryl methyl sites for hydroxylation is 1. The van der Waals surface area contributed by atoms with Gasteiger partial charge in [-0.1, -0.05) is 12.1 Å². The Labute approximate surface area is 205 Å². The number of fused-ring (bicyclic) bond motifs is 1. The molecule has 0 atom stereocenters. The molecule has 184 valence electrons. The lowest BCUT2D eigenvalue weighted by atomic mass is 10.0. The van der Waals surface area contributed by atoms with Crippen LogP contribution in [-0.2, 0) is 6.42 Å². The Morgan fingerprint density at radius 2 is 1.83 bits per heavy atom. The van der Waals surface area contributed by atoms with Crippen molar-refractivity contribution in [2.45, 2.75) is 33.2 Å². The molecule has 0 aliphatic carbocycles. The Hall–Kier alpha value is -3.26. The van der Waals surface area contributed by atoms with Crippen LogP contribution in [0, 0.1) is 18.6 Å². The molecule has 2 aliphatic heterocycles. The average Bonchev–Trinajstić information content (AvgIpc) is 2.85. The molecule has 35 heavy (non-hydrogen) atoms. The van der Waals surface area contributed by atoms with Crippen LogP contribution in [0.3, 0.4) is 0 Å². The quantitative estimate of drug-likeness (QED) is 0.588. The molecule has 8 heteroatoms. The maximum atomic E-state index is 14.9. The zero-order valence-corrected chi connectivity index (χ0v) is 20.4. The number of nitrogens with one attached hydrogen (secondary N) is 1. The summed E-state index contributed by atoms with van der Waals surface area (Å²) in [7, 11) is 0. The van der Waals surface area contributed by atoms with Gasteiger partial charge in [0.2, 0.25) is 0 Å². The van der Waals surface area contributed by atoms with Crippen molar-refractivity contribution in [1.29, 1.82) is 0 Å². The zero-order valence-electron chi connectivity index (χ0n) is 20.4. The number of aromatic nitrogens is 2. The molecule has 3 aromatic rings. The first-order valence-electron chi connectivity index (χ1n) is 12.2. The molecule has 0 spiro atoms. The maximum absolute atomic E-state index is 14.9. The highest BCUT2D eigenvalue weighted by Crippen LogP contribution is 2.39. The van der Waals surface area contributed by atoms with Crippen molar-refractivity contribution in [3.63, 3.8) is 0 Å². The zero-order chi connectivity index (χ0) is 24.5. The second-order valence-electron chi connectivity index (χ2n) is 9.46. The van der Waals surface area contributed by atoms with E-state index in [9.17, 15) is 8.78 Å². The molecule has 1 saturated heterocycles. The van der Waals surface area contributed by atoms with Crippen molar-refractivity contribution in [3.8, 4) is 17.0 Å². The minimum absolute atomic E-state index is 0.0974. The Balaban J connectivity index is 1.43. The summed E-state index contributed by atoms with van der Waals surface area (Å²) in [6.45, 7) is 11.2. The van der Waals surface area contributed by atoms with E-state index in [4.69, 9.17) is 4.74 Å². The Kier molecular flexibility index (Phi) is 6.56. The van der Waals surface area contributed by atoms with Gasteiger partial charge < -0.3 is 19.9 Å². The lowest BCUT2D eigenvalue weighted by Crippen LogP contribution is -2.43. The molecule has 0 bridgehead atoms. The van der Waals surface area contributed by atoms with E-state index in [-0.39, 0.29) is 17.5 Å². The van der Waals surface area contributed by atoms with Crippen LogP contribution in [0.15, 0.2) is 36.5 Å². The summed E-state index contributed by atoms with van der Waals surface area (Å²) in [4.78, 5) is 13.2. The number of nitrogens with zero attached hydrogens (tertiary/aromatic N) is 4. The lowest BCUT2D eigenvalue weighted by molar-refractivity contribution is 0.287. The van der Waals surface area contributed by atoms with E-state index in [1.54, 1.807) is 6.07 Å². The molecule has 3 heterocycles. The number of ether oxygens (including phenoxy) is 1. The summed E-state index contributed by atoms with van der Waals surface area (Å²) in [6, 6.07) is 9.57. The monoisotopic (exact) mass is 479 g/mol. The number of anilines is 2. The summed E-state index contributed by atoms with van der Waals surface area (Å²) in [5, 5.41) is 3.38. The Morgan fingerprint density at radius 1 is 1.03 bits per heavy atom. The summed E-state index contributed by atoms with van der Waals surface area (Å²) in [5.74, 6) is -0.387. The molecule has 0 amide bonds. The number of halogens is 2. The van der Waals surface area contributed by atoms with Crippen LogP contribution in [0.25, 0.3) is 11.3 Å². The molecule has 2 aliphatic rings. The van der Waals surface area contributed by atoms with Gasteiger partial charge >= 0.3 is 0 Å². The standard InChI is InChI=1S/C27H31F2N5O/c1-17(2)34-10-11-35-27-21(28)14-20(15-24(27)34)26-22(29)16-31-25(32-26)13-19-4-5-23(18(3)12-19)33-8-6-30-7-9-33/h4-5,12,14-17,30H,6-11,13H2,1-3H3. The summed E-state index contributed by atoms with van der Waals surface area (Å²) in [6.07, 6.45) is 1.64. The molecule has 1 fully saturated rings. The van der Waals surface area contributed by atoms with E-state index in [0.29, 0.717) is 36.6 Å². The van der Waals surface area contributed by atoms with E-state index < -0.39 is 11.6 Å². The molecule has 0 unspecified atom stereocenters. The maximum Gasteiger partial charge on any atom is 0.178 e. The van der Waals surface area contributed by atoms with Crippen LogP contribution < -0.4 is 19.9 Å². The third-order valence-electron chi connectivity index (χ3n) is 6.68. The normalized spacial score (nSPS) is 15.8. The summed E-state index contributed by atoms with van der Waals surface area (Å²) < 4.78 is 35.4. The third-order valence-corrected chi connectivity index (χ3v) is 6.68. The van der Waals surface area contributed by atoms with Gasteiger partial charge in [-0.3, -0.25) is 0 Å². The van der Waals surface area contributed by atoms with Crippen LogP contribution in [0.5, 0.6) is 5.75 Å². The van der Waals surface area contributed by atoms with Crippen LogP contribution in [0.4, 0.5) is 20.2 Å². The minimum atomic E-state index is -0.578. The fourth-order valence-corrected chi connectivity index (χ4v) is 4.94. The highest BCUT2D eigenvalue weighted by atomic mass is 19.1. The van der Waals surface area contributed by atoms with E-state index in [1.165, 1.54) is 23.5 Å². The minimum Gasteiger partial charge on any atom is -0.486 e. The van der Waals surface area contributed by atoms with Crippen molar-refractivity contribution in [1.82, 2.24) is 15.3 Å². The largest absolute Gasteiger partial charge is 0.486 e. The smallest absolute Gasteiger partial charge is 0.178 e. The first-order chi connectivity index (χ1) is 16.9. The summed E-state index contributed by atoms with van der Waals surface area (Å²) in [5.41, 5.74) is 4.58. The van der Waals surface area contributed by atoms with Crippen molar-refractivity contribution >= 4 is 11.4 Å². The predicted octanol–water partition coefficient (Wildman–Crippen LogP) is 4.34. The van der Waals surface area contributed by atoms with E-state index >= 15 is 0 Å². The molecule has 6 nitrogen and oxygen atoms in total. The van der Waals surface area contributed by atoms with Gasteiger partial charge in [-0.15, -0.1) is 0 Å². The van der Waals surface area contributed by atoms with Crippen molar-refractivity contribution in [3.05, 3.63) is 65.1 Å². The molecule has 0 radical (unpaired) electrons. The second kappa shape index (κ2) is 9.77. The molecular formula is C27H31F2N5O. The first kappa shape index (κ1) is 23.5. The van der Waals surface area contributed by atoms with E-state index in [2.05, 4.69) is 50.2 Å². The summed E-state index contributed by atoms with van der Waals surface area (Å²) >= 11 is 0. The number of benzene rings is 2. The SMILES string of the molecule is Cc1cc(Cc2ncc(F)c(-c3cc(F)c4c(c3)N(C(C)C)CCO4)n2)ccc1N1CCNCC1. The third kappa shape index (κ3) is 4.80. The first-order valence-corrected chi connectivity index (χ1v) is 12.2. The van der Waals surface area contributed by atoms with Gasteiger partial charge in [0.25, 0.3) is 0 Å². The van der Waals surface area contributed by atoms with Crippen molar-refractivity contribution in [2.75, 3.05) is 49.1 Å². The van der Waals surface area contributed by atoms with E-state index in [1.807, 2.05) is 13.8 Å².